The van der Waals surface area contributed by atoms with Crippen LogP contribution in [0.4, 0.5) is 0 Å². The van der Waals surface area contributed by atoms with Gasteiger partial charge in [-0.1, -0.05) is 12.2 Å². The van der Waals surface area contributed by atoms with Crippen molar-refractivity contribution in [2.24, 2.45) is 5.92 Å². The van der Waals surface area contributed by atoms with E-state index in [9.17, 15) is 0 Å². The molecule has 0 radical (unpaired) electrons. The Morgan fingerprint density at radius 2 is 2.06 bits per heavy atom. The van der Waals surface area contributed by atoms with Gasteiger partial charge in [-0.3, -0.25) is 4.90 Å². The van der Waals surface area contributed by atoms with Crippen LogP contribution in [-0.4, -0.2) is 36.1 Å². The standard InChI is InChI=1S/C14H26N2/c1-14(2,3)15-11-12-7-8-13(12)16-9-5-4-6-10-16/h4-5,12-13,15H,6-11H2,1-3H3. The monoisotopic (exact) mass is 222 g/mol. The summed E-state index contributed by atoms with van der Waals surface area (Å²) in [5, 5.41) is 3.65. The lowest BCUT2D eigenvalue weighted by atomic mass is 9.77. The average molecular weight is 222 g/mol. The van der Waals surface area contributed by atoms with Gasteiger partial charge in [0.15, 0.2) is 0 Å². The molecular formula is C14H26N2. The first-order valence-corrected chi connectivity index (χ1v) is 6.70. The first-order valence-electron chi connectivity index (χ1n) is 6.70. The predicted octanol–water partition coefficient (Wildman–Crippen LogP) is 2.42. The van der Waals surface area contributed by atoms with E-state index < -0.39 is 0 Å². The van der Waals surface area contributed by atoms with Crippen molar-refractivity contribution in [1.82, 2.24) is 10.2 Å². The van der Waals surface area contributed by atoms with Gasteiger partial charge in [-0.15, -0.1) is 0 Å². The predicted molar refractivity (Wildman–Crippen MR) is 69.6 cm³/mol. The molecule has 2 rings (SSSR count). The van der Waals surface area contributed by atoms with E-state index in [1.807, 2.05) is 0 Å². The highest BCUT2D eigenvalue weighted by Gasteiger charge is 2.35. The fourth-order valence-corrected chi connectivity index (χ4v) is 2.67. The maximum atomic E-state index is 3.65. The van der Waals surface area contributed by atoms with Crippen molar-refractivity contribution >= 4 is 0 Å². The molecule has 0 aromatic rings. The zero-order valence-corrected chi connectivity index (χ0v) is 11.0. The van der Waals surface area contributed by atoms with Crippen LogP contribution in [0.3, 0.4) is 0 Å². The third kappa shape index (κ3) is 3.08. The van der Waals surface area contributed by atoms with Crippen LogP contribution >= 0.6 is 0 Å². The minimum Gasteiger partial charge on any atom is -0.312 e. The van der Waals surface area contributed by atoms with Gasteiger partial charge in [0, 0.05) is 24.7 Å². The number of rotatable bonds is 3. The summed E-state index contributed by atoms with van der Waals surface area (Å²) in [5.41, 5.74) is 0.266. The summed E-state index contributed by atoms with van der Waals surface area (Å²) in [7, 11) is 0. The molecule has 1 heterocycles. The molecule has 0 saturated heterocycles. The molecule has 1 N–H and O–H groups in total. The second-order valence-corrected chi connectivity index (χ2v) is 6.29. The van der Waals surface area contributed by atoms with Crippen LogP contribution in [0, 0.1) is 5.92 Å². The Labute approximate surface area is 100 Å². The highest BCUT2D eigenvalue weighted by molar-refractivity contribution is 4.98. The summed E-state index contributed by atoms with van der Waals surface area (Å²) in [4.78, 5) is 2.67. The van der Waals surface area contributed by atoms with E-state index in [1.165, 1.54) is 38.9 Å². The molecule has 2 unspecified atom stereocenters. The molecule has 1 aliphatic carbocycles. The Morgan fingerprint density at radius 1 is 1.25 bits per heavy atom. The number of nitrogens with one attached hydrogen (secondary N) is 1. The number of nitrogens with zero attached hydrogens (tertiary/aromatic N) is 1. The molecule has 1 aliphatic heterocycles. The van der Waals surface area contributed by atoms with Gasteiger partial charge < -0.3 is 5.32 Å². The van der Waals surface area contributed by atoms with E-state index in [-0.39, 0.29) is 5.54 Å². The van der Waals surface area contributed by atoms with Crippen molar-refractivity contribution in [3.8, 4) is 0 Å². The summed E-state index contributed by atoms with van der Waals surface area (Å²) in [6, 6.07) is 0.847. The molecule has 2 atom stereocenters. The van der Waals surface area contributed by atoms with E-state index >= 15 is 0 Å². The normalized spacial score (nSPS) is 31.4. The Kier molecular flexibility index (Phi) is 3.70. The van der Waals surface area contributed by atoms with Gasteiger partial charge in [-0.2, -0.15) is 0 Å². The Balaban J connectivity index is 1.77. The maximum Gasteiger partial charge on any atom is 0.0166 e. The lowest BCUT2D eigenvalue weighted by Crippen LogP contribution is -2.53. The summed E-state index contributed by atoms with van der Waals surface area (Å²) in [5.74, 6) is 0.880. The van der Waals surface area contributed by atoms with Gasteiger partial charge >= 0.3 is 0 Å². The fraction of sp³-hybridized carbons (Fsp3) is 0.857. The summed E-state index contributed by atoms with van der Waals surface area (Å²) < 4.78 is 0. The van der Waals surface area contributed by atoms with Crippen LogP contribution in [-0.2, 0) is 0 Å². The molecular weight excluding hydrogens is 196 g/mol. The van der Waals surface area contributed by atoms with Crippen LogP contribution in [0.15, 0.2) is 12.2 Å². The second-order valence-electron chi connectivity index (χ2n) is 6.29. The molecule has 0 bridgehead atoms. The highest BCUT2D eigenvalue weighted by Crippen LogP contribution is 2.32. The third-order valence-corrected chi connectivity index (χ3v) is 3.83. The van der Waals surface area contributed by atoms with Gasteiger partial charge in [0.2, 0.25) is 0 Å². The zero-order chi connectivity index (χ0) is 11.6. The zero-order valence-electron chi connectivity index (χ0n) is 11.0. The SMILES string of the molecule is CC(C)(C)NCC1CCC1N1CC=CCC1. The van der Waals surface area contributed by atoms with Gasteiger partial charge in [-0.05, 0) is 52.5 Å². The van der Waals surface area contributed by atoms with Crippen molar-refractivity contribution in [3.63, 3.8) is 0 Å². The van der Waals surface area contributed by atoms with E-state index in [2.05, 4.69) is 43.1 Å². The Hall–Kier alpha value is -0.340. The van der Waals surface area contributed by atoms with Crippen molar-refractivity contribution in [2.45, 2.75) is 51.6 Å². The molecule has 1 saturated carbocycles. The minimum absolute atomic E-state index is 0.266. The molecule has 0 aromatic heterocycles. The molecule has 16 heavy (non-hydrogen) atoms. The fourth-order valence-electron chi connectivity index (χ4n) is 2.67. The smallest absolute Gasteiger partial charge is 0.0166 e. The number of hydrogen-bond acceptors (Lipinski definition) is 2. The minimum atomic E-state index is 0.266. The van der Waals surface area contributed by atoms with Crippen molar-refractivity contribution in [2.75, 3.05) is 19.6 Å². The van der Waals surface area contributed by atoms with Crippen LogP contribution in [0.5, 0.6) is 0 Å². The maximum absolute atomic E-state index is 3.65. The summed E-state index contributed by atoms with van der Waals surface area (Å²) in [6.45, 7) is 10.4. The summed E-state index contributed by atoms with van der Waals surface area (Å²) in [6.07, 6.45) is 8.71. The molecule has 2 aliphatic rings. The van der Waals surface area contributed by atoms with Crippen LogP contribution in [0.2, 0.25) is 0 Å². The van der Waals surface area contributed by atoms with E-state index in [1.54, 1.807) is 0 Å². The van der Waals surface area contributed by atoms with Crippen LogP contribution < -0.4 is 5.32 Å². The Morgan fingerprint density at radius 3 is 2.56 bits per heavy atom. The lowest BCUT2D eigenvalue weighted by molar-refractivity contribution is 0.0658. The molecule has 0 amide bonds. The second kappa shape index (κ2) is 4.89. The van der Waals surface area contributed by atoms with E-state index in [0.717, 1.165) is 12.0 Å². The van der Waals surface area contributed by atoms with Gasteiger partial charge in [0.25, 0.3) is 0 Å². The summed E-state index contributed by atoms with van der Waals surface area (Å²) >= 11 is 0. The van der Waals surface area contributed by atoms with E-state index in [0.29, 0.717) is 0 Å². The van der Waals surface area contributed by atoms with Gasteiger partial charge in [0.05, 0.1) is 0 Å². The molecule has 1 fully saturated rings. The molecule has 2 nitrogen and oxygen atoms in total. The van der Waals surface area contributed by atoms with Crippen molar-refractivity contribution < 1.29 is 0 Å². The Bertz CT molecular complexity index is 252. The average Bonchev–Trinajstić information content (AvgIpc) is 2.16. The highest BCUT2D eigenvalue weighted by atomic mass is 15.2. The quantitative estimate of drug-likeness (QED) is 0.738. The molecule has 92 valence electrons. The van der Waals surface area contributed by atoms with Gasteiger partial charge in [0.1, 0.15) is 0 Å². The molecule has 0 aromatic carbocycles. The third-order valence-electron chi connectivity index (χ3n) is 3.83. The van der Waals surface area contributed by atoms with Crippen molar-refractivity contribution in [1.29, 1.82) is 0 Å². The lowest BCUT2D eigenvalue weighted by Gasteiger charge is -2.46. The molecule has 2 heteroatoms. The van der Waals surface area contributed by atoms with Crippen molar-refractivity contribution in [3.05, 3.63) is 12.2 Å². The van der Waals surface area contributed by atoms with Crippen LogP contribution in [0.25, 0.3) is 0 Å². The van der Waals surface area contributed by atoms with Gasteiger partial charge in [-0.25, -0.2) is 0 Å². The number of hydrogen-bond donors (Lipinski definition) is 1. The first-order chi connectivity index (χ1) is 7.56. The van der Waals surface area contributed by atoms with Crippen LogP contribution in [0.1, 0.15) is 40.0 Å². The molecule has 0 spiro atoms. The first kappa shape index (κ1) is 12.1. The van der Waals surface area contributed by atoms with E-state index in [4.69, 9.17) is 0 Å². The topological polar surface area (TPSA) is 15.3 Å². The largest absolute Gasteiger partial charge is 0.312 e.